The van der Waals surface area contributed by atoms with Crippen LogP contribution in [0.4, 0.5) is 28.4 Å². The minimum atomic E-state index is -0.563. The van der Waals surface area contributed by atoms with Crippen LogP contribution in [0.5, 0.6) is 0 Å². The molecule has 0 radical (unpaired) electrons. The molecule has 1 spiro atoms. The molecule has 2 aliphatic rings. The molecule has 0 bridgehead atoms. The Morgan fingerprint density at radius 3 is 1.26 bits per heavy atom. The zero-order valence-corrected chi connectivity index (χ0v) is 37.5. The van der Waals surface area contributed by atoms with Crippen molar-refractivity contribution in [3.8, 4) is 22.3 Å². The van der Waals surface area contributed by atoms with E-state index in [9.17, 15) is 0 Å². The van der Waals surface area contributed by atoms with Gasteiger partial charge in [-0.15, -0.1) is 0 Å². The molecule has 0 aromatic heterocycles. The molecule has 2 aliphatic carbocycles. The maximum Gasteiger partial charge on any atom is 0.0727 e. The second-order valence-corrected chi connectivity index (χ2v) is 18.1. The molecule has 306 valence electrons. The first-order chi connectivity index (χ1) is 29.5. The summed E-state index contributed by atoms with van der Waals surface area (Å²) in [7, 11) is 0. The first-order valence-corrected chi connectivity index (χ1v) is 22.1. The zero-order chi connectivity index (χ0) is 42.9. The highest BCUT2D eigenvalue weighted by molar-refractivity contribution is 5.97. The van der Waals surface area contributed by atoms with Crippen LogP contribution in [0.1, 0.15) is 95.7 Å². The van der Waals surface area contributed by atoms with E-state index in [-0.39, 0.29) is 10.8 Å². The zero-order valence-electron chi connectivity index (χ0n) is 37.5. The van der Waals surface area contributed by atoms with Crippen molar-refractivity contribution in [2.24, 2.45) is 0 Å². The fourth-order valence-corrected chi connectivity index (χ4v) is 9.37. The van der Waals surface area contributed by atoms with Gasteiger partial charge in [-0.1, -0.05) is 183 Å². The molecule has 0 N–H and O–H groups in total. The molecule has 0 heterocycles. The van der Waals surface area contributed by atoms with Crippen LogP contribution < -0.4 is 9.80 Å². The predicted octanol–water partition coefficient (Wildman–Crippen LogP) is 16.4. The van der Waals surface area contributed by atoms with Crippen LogP contribution in [0.2, 0.25) is 0 Å². The Hall–Kier alpha value is -6.38. The van der Waals surface area contributed by atoms with E-state index >= 15 is 0 Å². The lowest BCUT2D eigenvalue weighted by molar-refractivity contribution is 0.586. The van der Waals surface area contributed by atoms with Crippen molar-refractivity contribution in [3.63, 3.8) is 0 Å². The predicted molar refractivity (Wildman–Crippen MR) is 264 cm³/mol. The van der Waals surface area contributed by atoms with Gasteiger partial charge in [0.1, 0.15) is 0 Å². The van der Waals surface area contributed by atoms with Crippen molar-refractivity contribution in [2.45, 2.75) is 78.6 Å². The number of allylic oxidation sites excluding steroid dienone is 3. The second-order valence-electron chi connectivity index (χ2n) is 18.1. The Morgan fingerprint density at radius 1 is 0.426 bits per heavy atom. The average Bonchev–Trinajstić information content (AvgIpc) is 3.73. The Bertz CT molecular complexity index is 2600. The van der Waals surface area contributed by atoms with Gasteiger partial charge in [-0.2, -0.15) is 0 Å². The van der Waals surface area contributed by atoms with E-state index in [2.05, 4.69) is 246 Å². The van der Waals surface area contributed by atoms with Crippen LogP contribution >= 0.6 is 0 Å². The van der Waals surface area contributed by atoms with Gasteiger partial charge in [-0.3, -0.25) is 0 Å². The first kappa shape index (κ1) is 41.4. The Kier molecular flexibility index (Phi) is 11.2. The summed E-state index contributed by atoms with van der Waals surface area (Å²) >= 11 is 0. The van der Waals surface area contributed by atoms with Crippen molar-refractivity contribution < 1.29 is 0 Å². The van der Waals surface area contributed by atoms with Gasteiger partial charge in [0.25, 0.3) is 0 Å². The normalized spacial score (nSPS) is 13.4. The number of anilines is 5. The third kappa shape index (κ3) is 7.33. The summed E-state index contributed by atoms with van der Waals surface area (Å²) in [6.07, 6.45) is 8.59. The molecule has 0 amide bonds. The quantitative estimate of drug-likeness (QED) is 0.141. The summed E-state index contributed by atoms with van der Waals surface area (Å²) in [6.45, 7) is 20.8. The van der Waals surface area contributed by atoms with Crippen LogP contribution in [0.15, 0.2) is 188 Å². The number of para-hydroxylation sites is 3. The number of hydrogen-bond acceptors (Lipinski definition) is 2. The summed E-state index contributed by atoms with van der Waals surface area (Å²) in [4.78, 5) is 4.85. The van der Waals surface area contributed by atoms with Gasteiger partial charge in [0.05, 0.1) is 5.41 Å². The second kappa shape index (κ2) is 16.6. The van der Waals surface area contributed by atoms with Gasteiger partial charge < -0.3 is 9.80 Å². The first-order valence-electron chi connectivity index (χ1n) is 22.1. The largest absolute Gasteiger partial charge is 0.338 e. The summed E-state index contributed by atoms with van der Waals surface area (Å²) in [5.74, 6) is 0. The highest BCUT2D eigenvalue weighted by Crippen LogP contribution is 2.64. The molecule has 7 aromatic rings. The van der Waals surface area contributed by atoms with E-state index in [4.69, 9.17) is 0 Å². The SMILES string of the molecule is C/C=C\C=C/CN(c1ccccc1)c1ccc2c(c1)C1(c3cc(N(c4ccccc4)c4ccccc4)ccc3-2)c2cc(C(C)(C)C)ccc2-c2ccc(C(C)(C)C)cc21.CC. The van der Waals surface area contributed by atoms with Crippen LogP contribution in [0.3, 0.4) is 0 Å². The summed E-state index contributed by atoms with van der Waals surface area (Å²) in [6, 6.07) is 61.5. The number of fused-ring (bicyclic) bond motifs is 10. The van der Waals surface area contributed by atoms with Crippen LogP contribution in [0, 0.1) is 0 Å². The van der Waals surface area contributed by atoms with Crippen molar-refractivity contribution in [1.29, 1.82) is 0 Å². The third-order valence-electron chi connectivity index (χ3n) is 12.4. The van der Waals surface area contributed by atoms with E-state index in [0.717, 1.165) is 23.6 Å². The number of nitrogens with zero attached hydrogens (tertiary/aromatic N) is 2. The molecule has 0 atom stereocenters. The minimum absolute atomic E-state index is 0.0314. The maximum atomic E-state index is 2.55. The smallest absolute Gasteiger partial charge is 0.0727 e. The van der Waals surface area contributed by atoms with Crippen molar-refractivity contribution in [3.05, 3.63) is 221 Å². The summed E-state index contributed by atoms with van der Waals surface area (Å²) < 4.78 is 0. The standard InChI is InChI=1S/C57H54N2.C2H6/c1-8-9-10-20-35-58(42-21-14-11-15-22-42)45-29-33-49-50-34-30-46(59(43-23-16-12-17-24-43)44-25-18-13-19-26-44)39-54(50)57(53(49)38-45)51-36-40(55(2,3)4)27-31-47(51)48-32-28-41(37-52(48)57)56(5,6)7;1-2/h8-34,36-39H,35H2,1-7H3;1-2H3/b9-8-,20-10-;. The number of hydrogen-bond donors (Lipinski definition) is 0. The van der Waals surface area contributed by atoms with E-state index in [0.29, 0.717) is 0 Å². The van der Waals surface area contributed by atoms with Crippen molar-refractivity contribution in [2.75, 3.05) is 16.3 Å². The molecule has 7 aromatic carbocycles. The topological polar surface area (TPSA) is 6.48 Å². The van der Waals surface area contributed by atoms with E-state index < -0.39 is 5.41 Å². The minimum Gasteiger partial charge on any atom is -0.338 e. The van der Waals surface area contributed by atoms with Crippen LogP contribution in [0.25, 0.3) is 22.3 Å². The molecule has 2 nitrogen and oxygen atoms in total. The van der Waals surface area contributed by atoms with Crippen molar-refractivity contribution >= 4 is 28.4 Å². The van der Waals surface area contributed by atoms with E-state index in [1.165, 1.54) is 67.0 Å². The van der Waals surface area contributed by atoms with Gasteiger partial charge in [-0.05, 0) is 134 Å². The Morgan fingerprint density at radius 2 is 0.820 bits per heavy atom. The third-order valence-corrected chi connectivity index (χ3v) is 12.4. The lowest BCUT2D eigenvalue weighted by atomic mass is 9.68. The van der Waals surface area contributed by atoms with Gasteiger partial charge in [0.15, 0.2) is 0 Å². The molecule has 0 fully saturated rings. The van der Waals surface area contributed by atoms with Crippen LogP contribution in [-0.4, -0.2) is 6.54 Å². The van der Waals surface area contributed by atoms with E-state index in [1.54, 1.807) is 0 Å². The molecule has 2 heteroatoms. The molecule has 0 saturated heterocycles. The molecule has 61 heavy (non-hydrogen) atoms. The fraction of sp³-hybridized carbons (Fsp3) is 0.220. The lowest BCUT2D eigenvalue weighted by Crippen LogP contribution is -2.28. The fourth-order valence-electron chi connectivity index (χ4n) is 9.37. The van der Waals surface area contributed by atoms with Crippen LogP contribution in [-0.2, 0) is 16.2 Å². The molecule has 0 unspecified atom stereocenters. The maximum absolute atomic E-state index is 2.55. The number of benzene rings is 7. The monoisotopic (exact) mass is 796 g/mol. The van der Waals surface area contributed by atoms with Gasteiger partial charge in [0, 0.05) is 35.0 Å². The molecular formula is C59H60N2. The lowest BCUT2D eigenvalue weighted by Gasteiger charge is -2.34. The Labute approximate surface area is 365 Å². The van der Waals surface area contributed by atoms with E-state index in [1.807, 2.05) is 13.8 Å². The molecule has 9 rings (SSSR count). The van der Waals surface area contributed by atoms with Gasteiger partial charge in [0.2, 0.25) is 0 Å². The summed E-state index contributed by atoms with van der Waals surface area (Å²) in [5, 5.41) is 0. The van der Waals surface area contributed by atoms with Crippen molar-refractivity contribution in [1.82, 2.24) is 0 Å². The Balaban J connectivity index is 0.00000253. The number of rotatable bonds is 8. The highest BCUT2D eigenvalue weighted by atomic mass is 15.1. The highest BCUT2D eigenvalue weighted by Gasteiger charge is 2.53. The van der Waals surface area contributed by atoms with Gasteiger partial charge >= 0.3 is 0 Å². The molecule has 0 saturated carbocycles. The average molecular weight is 797 g/mol. The summed E-state index contributed by atoms with van der Waals surface area (Å²) in [5.41, 5.74) is 18.4. The molecular weight excluding hydrogens is 737 g/mol. The van der Waals surface area contributed by atoms with Gasteiger partial charge in [-0.25, -0.2) is 0 Å². The molecule has 0 aliphatic heterocycles.